The molecule has 1 saturated heterocycles. The summed E-state index contributed by atoms with van der Waals surface area (Å²) in [6.45, 7) is 2.96. The van der Waals surface area contributed by atoms with E-state index in [1.165, 1.54) is 12.1 Å². The van der Waals surface area contributed by atoms with E-state index >= 15 is 0 Å². The number of likely N-dealkylation sites (tertiary alicyclic amines) is 1. The smallest absolute Gasteiger partial charge is 0.228 e. The molecular formula is C29H31FN2O4S. The number of aryl methyl sites for hydroxylation is 1. The van der Waals surface area contributed by atoms with E-state index in [0.29, 0.717) is 24.3 Å². The highest BCUT2D eigenvalue weighted by molar-refractivity contribution is 7.91. The van der Waals surface area contributed by atoms with Gasteiger partial charge in [0.1, 0.15) is 5.82 Å². The lowest BCUT2D eigenvalue weighted by atomic mass is 9.89. The predicted molar refractivity (Wildman–Crippen MR) is 142 cm³/mol. The Morgan fingerprint density at radius 3 is 2.30 bits per heavy atom. The van der Waals surface area contributed by atoms with Crippen LogP contribution in [0.15, 0.2) is 77.7 Å². The number of piperidine rings is 1. The minimum absolute atomic E-state index is 0.0223. The molecule has 0 saturated carbocycles. The lowest BCUT2D eigenvalue weighted by Crippen LogP contribution is -2.38. The van der Waals surface area contributed by atoms with E-state index in [-0.39, 0.29) is 47.0 Å². The molecule has 1 fully saturated rings. The van der Waals surface area contributed by atoms with E-state index in [4.69, 9.17) is 0 Å². The highest BCUT2D eigenvalue weighted by atomic mass is 32.2. The molecule has 0 atom stereocenters. The molecule has 194 valence electrons. The van der Waals surface area contributed by atoms with E-state index < -0.39 is 9.84 Å². The van der Waals surface area contributed by atoms with Crippen molar-refractivity contribution in [1.82, 2.24) is 4.90 Å². The maximum Gasteiger partial charge on any atom is 0.228 e. The Labute approximate surface area is 217 Å². The van der Waals surface area contributed by atoms with Gasteiger partial charge in [0, 0.05) is 25.2 Å². The zero-order valence-electron chi connectivity index (χ0n) is 20.8. The summed E-state index contributed by atoms with van der Waals surface area (Å²) in [6.07, 6.45) is 1.66. The number of carbonyl (C=O) groups is 2. The van der Waals surface area contributed by atoms with Crippen LogP contribution in [0.1, 0.15) is 41.9 Å². The fourth-order valence-corrected chi connectivity index (χ4v) is 5.98. The molecular weight excluding hydrogens is 491 g/mol. The summed E-state index contributed by atoms with van der Waals surface area (Å²) in [6, 6.07) is 20.5. The van der Waals surface area contributed by atoms with Gasteiger partial charge in [-0.3, -0.25) is 9.59 Å². The number of sulfone groups is 1. The summed E-state index contributed by atoms with van der Waals surface area (Å²) >= 11 is 0. The van der Waals surface area contributed by atoms with Gasteiger partial charge in [-0.25, -0.2) is 12.8 Å². The zero-order chi connectivity index (χ0) is 26.4. The zero-order valence-corrected chi connectivity index (χ0v) is 21.6. The molecule has 1 aliphatic rings. The van der Waals surface area contributed by atoms with Crippen molar-refractivity contribution in [3.05, 3.63) is 95.3 Å². The number of nitrogens with zero attached hydrogens (tertiary/aromatic N) is 1. The molecule has 8 heteroatoms. The molecule has 1 heterocycles. The standard InChI is InChI=1S/C29H31FN2O4S/c1-21-17-22(19-25(30)18-21)20-28(33)31-26-9-7-23(8-10-26)24-11-14-32(15-12-24)29(34)13-16-37(35,36)27-5-3-2-4-6-27/h2-10,17-19,24H,11-16,20H2,1H3,(H,31,33). The normalized spacial score (nSPS) is 14.4. The third-order valence-corrected chi connectivity index (χ3v) is 8.40. The van der Waals surface area contributed by atoms with Crippen LogP contribution < -0.4 is 5.32 Å². The van der Waals surface area contributed by atoms with E-state index in [1.807, 2.05) is 24.3 Å². The molecule has 0 aromatic heterocycles. The molecule has 6 nitrogen and oxygen atoms in total. The highest BCUT2D eigenvalue weighted by Gasteiger charge is 2.25. The lowest BCUT2D eigenvalue weighted by molar-refractivity contribution is -0.131. The van der Waals surface area contributed by atoms with Gasteiger partial charge in [-0.2, -0.15) is 0 Å². The Bertz CT molecular complexity index is 1330. The van der Waals surface area contributed by atoms with Gasteiger partial charge in [0.25, 0.3) is 0 Å². The topological polar surface area (TPSA) is 83.6 Å². The van der Waals surface area contributed by atoms with Gasteiger partial charge in [0.2, 0.25) is 11.8 Å². The van der Waals surface area contributed by atoms with Crippen LogP contribution >= 0.6 is 0 Å². The number of carbonyl (C=O) groups excluding carboxylic acids is 2. The second-order valence-corrected chi connectivity index (χ2v) is 11.6. The van der Waals surface area contributed by atoms with Crippen molar-refractivity contribution < 1.29 is 22.4 Å². The molecule has 0 bridgehead atoms. The van der Waals surface area contributed by atoms with E-state index in [2.05, 4.69) is 5.32 Å². The van der Waals surface area contributed by atoms with Crippen molar-refractivity contribution in [2.45, 2.75) is 43.4 Å². The Hall–Kier alpha value is -3.52. The number of amides is 2. The summed E-state index contributed by atoms with van der Waals surface area (Å²) in [5, 5.41) is 2.86. The van der Waals surface area contributed by atoms with Gasteiger partial charge in [0.15, 0.2) is 9.84 Å². The third-order valence-electron chi connectivity index (χ3n) is 6.67. The SMILES string of the molecule is Cc1cc(F)cc(CC(=O)Nc2ccc(C3CCN(C(=O)CCS(=O)(=O)c4ccccc4)CC3)cc2)c1. The third kappa shape index (κ3) is 7.26. The molecule has 3 aromatic rings. The fraction of sp³-hybridized carbons (Fsp3) is 0.310. The van der Waals surface area contributed by atoms with Gasteiger partial charge in [-0.15, -0.1) is 0 Å². The number of anilines is 1. The largest absolute Gasteiger partial charge is 0.343 e. The average molecular weight is 523 g/mol. The monoisotopic (exact) mass is 522 g/mol. The number of benzene rings is 3. The highest BCUT2D eigenvalue weighted by Crippen LogP contribution is 2.29. The second kappa shape index (κ2) is 11.7. The first kappa shape index (κ1) is 26.5. The van der Waals surface area contributed by atoms with Crippen molar-refractivity contribution >= 4 is 27.3 Å². The minimum Gasteiger partial charge on any atom is -0.343 e. The lowest BCUT2D eigenvalue weighted by Gasteiger charge is -2.32. The molecule has 0 radical (unpaired) electrons. The van der Waals surface area contributed by atoms with Crippen molar-refractivity contribution in [2.24, 2.45) is 0 Å². The van der Waals surface area contributed by atoms with Crippen LogP contribution in [0.3, 0.4) is 0 Å². The number of nitrogens with one attached hydrogen (secondary N) is 1. The van der Waals surface area contributed by atoms with E-state index in [0.717, 1.165) is 24.0 Å². The molecule has 2 amide bonds. The number of halogens is 1. The minimum atomic E-state index is -3.48. The Kier molecular flexibility index (Phi) is 8.38. The maximum absolute atomic E-state index is 13.6. The summed E-state index contributed by atoms with van der Waals surface area (Å²) in [5.41, 5.74) is 3.22. The summed E-state index contributed by atoms with van der Waals surface area (Å²) < 4.78 is 38.5. The molecule has 1 N–H and O–H groups in total. The van der Waals surface area contributed by atoms with E-state index in [9.17, 15) is 22.4 Å². The quantitative estimate of drug-likeness (QED) is 0.457. The van der Waals surface area contributed by atoms with Crippen LogP contribution in [0.4, 0.5) is 10.1 Å². The van der Waals surface area contributed by atoms with Gasteiger partial charge < -0.3 is 10.2 Å². The molecule has 37 heavy (non-hydrogen) atoms. The van der Waals surface area contributed by atoms with Crippen molar-refractivity contribution in [1.29, 1.82) is 0 Å². The van der Waals surface area contributed by atoms with Gasteiger partial charge in [-0.05, 0) is 78.8 Å². The number of hydrogen-bond acceptors (Lipinski definition) is 4. The summed E-state index contributed by atoms with van der Waals surface area (Å²) in [4.78, 5) is 27.0. The molecule has 3 aromatic carbocycles. The van der Waals surface area contributed by atoms with Crippen molar-refractivity contribution in [3.63, 3.8) is 0 Å². The van der Waals surface area contributed by atoms with Crippen LogP contribution in [0.25, 0.3) is 0 Å². The summed E-state index contributed by atoms with van der Waals surface area (Å²) in [5.74, 6) is -0.598. The molecule has 1 aliphatic heterocycles. The molecule has 0 aliphatic carbocycles. The summed E-state index contributed by atoms with van der Waals surface area (Å²) in [7, 11) is -3.48. The maximum atomic E-state index is 13.6. The van der Waals surface area contributed by atoms with E-state index in [1.54, 1.807) is 48.2 Å². The molecule has 4 rings (SSSR count). The fourth-order valence-electron chi connectivity index (χ4n) is 4.73. The van der Waals surface area contributed by atoms with Crippen molar-refractivity contribution in [2.75, 3.05) is 24.2 Å². The Balaban J connectivity index is 1.24. The van der Waals surface area contributed by atoms with Gasteiger partial charge >= 0.3 is 0 Å². The van der Waals surface area contributed by atoms with Gasteiger partial charge in [-0.1, -0.05) is 36.4 Å². The molecule has 0 unspecified atom stereocenters. The van der Waals surface area contributed by atoms with Crippen molar-refractivity contribution in [3.8, 4) is 0 Å². The van der Waals surface area contributed by atoms with Crippen LogP contribution in [0.5, 0.6) is 0 Å². The first-order valence-corrected chi connectivity index (χ1v) is 14.1. The van der Waals surface area contributed by atoms with Crippen LogP contribution in [0, 0.1) is 12.7 Å². The van der Waals surface area contributed by atoms with Gasteiger partial charge in [0.05, 0.1) is 17.1 Å². The Morgan fingerprint density at radius 1 is 0.973 bits per heavy atom. The Morgan fingerprint density at radius 2 is 1.65 bits per heavy atom. The van der Waals surface area contributed by atoms with Crippen LogP contribution in [0.2, 0.25) is 0 Å². The predicted octanol–water partition coefficient (Wildman–Crippen LogP) is 4.89. The molecule has 0 spiro atoms. The van der Waals surface area contributed by atoms with Crippen LogP contribution in [-0.4, -0.2) is 44.0 Å². The number of hydrogen-bond donors (Lipinski definition) is 1. The second-order valence-electron chi connectivity index (χ2n) is 9.52. The first-order chi connectivity index (χ1) is 17.7. The number of rotatable bonds is 8. The first-order valence-electron chi connectivity index (χ1n) is 12.4. The average Bonchev–Trinajstić information content (AvgIpc) is 2.88. The van der Waals surface area contributed by atoms with Crippen LogP contribution in [-0.2, 0) is 25.8 Å².